The molecule has 0 saturated carbocycles. The van der Waals surface area contributed by atoms with Gasteiger partial charge in [0.2, 0.25) is 0 Å². The van der Waals surface area contributed by atoms with Crippen LogP contribution in [0.5, 0.6) is 11.5 Å². The lowest BCUT2D eigenvalue weighted by Gasteiger charge is -2.37. The Morgan fingerprint density at radius 3 is 2.41 bits per heavy atom. The summed E-state index contributed by atoms with van der Waals surface area (Å²) in [6.07, 6.45) is 2.20. The predicted molar refractivity (Wildman–Crippen MR) is 108 cm³/mol. The average Bonchev–Trinajstić information content (AvgIpc) is 2.66. The number of likely N-dealkylation sites (tertiary alicyclic amines) is 1. The zero-order valence-electron chi connectivity index (χ0n) is 16.7. The first-order valence-corrected chi connectivity index (χ1v) is 9.77. The molecule has 1 fully saturated rings. The van der Waals surface area contributed by atoms with Gasteiger partial charge in [0.15, 0.2) is 0 Å². The van der Waals surface area contributed by atoms with E-state index in [1.165, 1.54) is 0 Å². The number of hydrogen-bond acceptors (Lipinski definition) is 4. The summed E-state index contributed by atoms with van der Waals surface area (Å²) in [6.45, 7) is 8.50. The van der Waals surface area contributed by atoms with E-state index < -0.39 is 0 Å². The summed E-state index contributed by atoms with van der Waals surface area (Å²) in [5.74, 6) is 1.56. The number of ether oxygens (including phenoxy) is 1. The van der Waals surface area contributed by atoms with Crippen molar-refractivity contribution in [3.63, 3.8) is 0 Å². The number of aromatic nitrogens is 1. The lowest BCUT2D eigenvalue weighted by atomic mass is 9.92. The van der Waals surface area contributed by atoms with Crippen molar-refractivity contribution in [2.75, 3.05) is 20.2 Å². The minimum absolute atomic E-state index is 0.0849. The SMILES string of the molecule is CCn1c(C)cc(O)c([C@@H](c2ccc(OC)cc2)N2CCC(C)CC2)c1=O. The molecule has 2 heterocycles. The summed E-state index contributed by atoms with van der Waals surface area (Å²) >= 11 is 0. The quantitative estimate of drug-likeness (QED) is 0.872. The van der Waals surface area contributed by atoms with Crippen LogP contribution in [0.4, 0.5) is 0 Å². The van der Waals surface area contributed by atoms with Crippen LogP contribution in [0.15, 0.2) is 35.1 Å². The molecule has 0 unspecified atom stereocenters. The lowest BCUT2D eigenvalue weighted by Crippen LogP contribution is -2.40. The minimum atomic E-state index is -0.255. The van der Waals surface area contributed by atoms with E-state index in [0.717, 1.165) is 42.9 Å². The van der Waals surface area contributed by atoms with Gasteiger partial charge in [0, 0.05) is 12.2 Å². The van der Waals surface area contributed by atoms with Gasteiger partial charge in [0.05, 0.1) is 18.7 Å². The van der Waals surface area contributed by atoms with Crippen LogP contribution in [-0.2, 0) is 6.54 Å². The van der Waals surface area contributed by atoms with E-state index in [4.69, 9.17) is 4.74 Å². The van der Waals surface area contributed by atoms with Crippen molar-refractivity contribution in [1.82, 2.24) is 9.47 Å². The monoisotopic (exact) mass is 370 g/mol. The number of aryl methyl sites for hydroxylation is 1. The smallest absolute Gasteiger partial charge is 0.259 e. The van der Waals surface area contributed by atoms with Crippen LogP contribution < -0.4 is 10.3 Å². The van der Waals surface area contributed by atoms with Crippen LogP contribution in [-0.4, -0.2) is 34.8 Å². The van der Waals surface area contributed by atoms with Gasteiger partial charge in [0.25, 0.3) is 5.56 Å². The van der Waals surface area contributed by atoms with Crippen molar-refractivity contribution in [2.45, 2.75) is 46.2 Å². The molecule has 1 atom stereocenters. The number of nitrogens with zero attached hydrogens (tertiary/aromatic N) is 2. The second kappa shape index (κ2) is 8.17. The molecule has 0 spiro atoms. The Morgan fingerprint density at radius 2 is 1.85 bits per heavy atom. The van der Waals surface area contributed by atoms with Gasteiger partial charge in [-0.1, -0.05) is 19.1 Å². The summed E-state index contributed by atoms with van der Waals surface area (Å²) in [5, 5.41) is 10.7. The van der Waals surface area contributed by atoms with Crippen LogP contribution in [0.25, 0.3) is 0 Å². The number of hydrogen-bond donors (Lipinski definition) is 1. The number of methoxy groups -OCH3 is 1. The zero-order valence-corrected chi connectivity index (χ0v) is 16.7. The molecule has 146 valence electrons. The van der Waals surface area contributed by atoms with E-state index in [1.807, 2.05) is 38.1 Å². The van der Waals surface area contributed by atoms with Crippen LogP contribution in [0.1, 0.15) is 49.6 Å². The standard InChI is InChI=1S/C22H30N2O3/c1-5-24-16(3)14-19(25)20(22(24)26)21(23-12-10-15(2)11-13-23)17-6-8-18(27-4)9-7-17/h6-9,14-15,21,25H,5,10-13H2,1-4H3/t21-/m1/s1. The first-order chi connectivity index (χ1) is 13.0. The van der Waals surface area contributed by atoms with Crippen molar-refractivity contribution >= 4 is 0 Å². The molecule has 1 N–H and O–H groups in total. The van der Waals surface area contributed by atoms with Crippen molar-refractivity contribution in [2.24, 2.45) is 5.92 Å². The lowest BCUT2D eigenvalue weighted by molar-refractivity contribution is 0.154. The first-order valence-electron chi connectivity index (χ1n) is 9.77. The van der Waals surface area contributed by atoms with Crippen LogP contribution >= 0.6 is 0 Å². The Labute approximate surface area is 161 Å². The number of pyridine rings is 1. The number of piperidine rings is 1. The number of aromatic hydroxyl groups is 1. The average molecular weight is 370 g/mol. The van der Waals surface area contributed by atoms with E-state index in [0.29, 0.717) is 18.0 Å². The Balaban J connectivity index is 2.14. The van der Waals surface area contributed by atoms with E-state index in [9.17, 15) is 9.90 Å². The molecule has 5 heteroatoms. The largest absolute Gasteiger partial charge is 0.507 e. The molecule has 3 rings (SSSR count). The maximum atomic E-state index is 13.2. The highest BCUT2D eigenvalue weighted by Gasteiger charge is 2.31. The Hall–Kier alpha value is -2.27. The summed E-state index contributed by atoms with van der Waals surface area (Å²) in [6, 6.07) is 9.28. The van der Waals surface area contributed by atoms with Gasteiger partial charge in [-0.15, -0.1) is 0 Å². The molecule has 27 heavy (non-hydrogen) atoms. The fraction of sp³-hybridized carbons (Fsp3) is 0.500. The van der Waals surface area contributed by atoms with E-state index >= 15 is 0 Å². The van der Waals surface area contributed by atoms with Crippen molar-refractivity contribution in [1.29, 1.82) is 0 Å². The highest BCUT2D eigenvalue weighted by atomic mass is 16.5. The topological polar surface area (TPSA) is 54.7 Å². The van der Waals surface area contributed by atoms with Crippen molar-refractivity contribution in [3.8, 4) is 11.5 Å². The zero-order chi connectivity index (χ0) is 19.6. The molecular formula is C22H30N2O3. The van der Waals surface area contributed by atoms with Gasteiger partial charge in [0.1, 0.15) is 11.5 Å². The molecule has 5 nitrogen and oxygen atoms in total. The molecule has 1 saturated heterocycles. The third-order valence-electron chi connectivity index (χ3n) is 5.73. The highest BCUT2D eigenvalue weighted by molar-refractivity contribution is 5.42. The predicted octanol–water partition coefficient (Wildman–Crippen LogP) is 3.71. The van der Waals surface area contributed by atoms with Gasteiger partial charge < -0.3 is 14.4 Å². The molecule has 1 aliphatic heterocycles. The Bertz CT molecular complexity index is 834. The molecule has 0 radical (unpaired) electrons. The van der Waals surface area contributed by atoms with E-state index in [1.54, 1.807) is 17.7 Å². The molecule has 2 aromatic rings. The third kappa shape index (κ3) is 3.88. The van der Waals surface area contributed by atoms with Gasteiger partial charge in [-0.2, -0.15) is 0 Å². The summed E-state index contributed by atoms with van der Waals surface area (Å²) in [7, 11) is 1.64. The Morgan fingerprint density at radius 1 is 1.22 bits per heavy atom. The van der Waals surface area contributed by atoms with Gasteiger partial charge in [-0.3, -0.25) is 9.69 Å². The molecule has 0 aliphatic carbocycles. The second-order valence-corrected chi connectivity index (χ2v) is 7.53. The molecule has 0 bridgehead atoms. The van der Waals surface area contributed by atoms with Crippen molar-refractivity contribution in [3.05, 3.63) is 57.5 Å². The van der Waals surface area contributed by atoms with Gasteiger partial charge in [-0.25, -0.2) is 0 Å². The molecule has 1 aromatic heterocycles. The second-order valence-electron chi connectivity index (χ2n) is 7.53. The fourth-order valence-electron chi connectivity index (χ4n) is 4.05. The minimum Gasteiger partial charge on any atom is -0.507 e. The maximum absolute atomic E-state index is 13.2. The van der Waals surface area contributed by atoms with Crippen LogP contribution in [0.2, 0.25) is 0 Å². The van der Waals surface area contributed by atoms with Crippen LogP contribution in [0.3, 0.4) is 0 Å². The third-order valence-corrected chi connectivity index (χ3v) is 5.73. The summed E-state index contributed by atoms with van der Waals surface area (Å²) in [4.78, 5) is 15.6. The fourth-order valence-corrected chi connectivity index (χ4v) is 4.05. The van der Waals surface area contributed by atoms with Crippen molar-refractivity contribution < 1.29 is 9.84 Å². The highest BCUT2D eigenvalue weighted by Crippen LogP contribution is 2.35. The van der Waals surface area contributed by atoms with E-state index in [-0.39, 0.29) is 17.4 Å². The molecule has 0 amide bonds. The molecule has 1 aromatic carbocycles. The number of rotatable bonds is 5. The van der Waals surface area contributed by atoms with Crippen LogP contribution in [0, 0.1) is 12.8 Å². The normalized spacial score (nSPS) is 17.0. The maximum Gasteiger partial charge on any atom is 0.259 e. The molecular weight excluding hydrogens is 340 g/mol. The van der Waals surface area contributed by atoms with Gasteiger partial charge in [-0.05, 0) is 69.5 Å². The number of benzene rings is 1. The first kappa shape index (κ1) is 19.5. The molecule has 1 aliphatic rings. The van der Waals surface area contributed by atoms with E-state index in [2.05, 4.69) is 11.8 Å². The summed E-state index contributed by atoms with van der Waals surface area (Å²) in [5.41, 5.74) is 2.16. The van der Waals surface area contributed by atoms with Gasteiger partial charge >= 0.3 is 0 Å². The summed E-state index contributed by atoms with van der Waals surface area (Å²) < 4.78 is 7.02. The Kier molecular flexibility index (Phi) is 5.90.